The molecule has 0 saturated carbocycles. The number of rotatable bonds is 8. The lowest BCUT2D eigenvalue weighted by molar-refractivity contribution is -0.146. The highest BCUT2D eigenvalue weighted by Crippen LogP contribution is 2.16. The van der Waals surface area contributed by atoms with Crippen LogP contribution in [0, 0.1) is 0 Å². The smallest absolute Gasteiger partial charge is 0.329 e. The van der Waals surface area contributed by atoms with Crippen LogP contribution in [0.15, 0.2) is 34.6 Å². The molecule has 1 fully saturated rings. The van der Waals surface area contributed by atoms with Gasteiger partial charge in [-0.2, -0.15) is 0 Å². The number of piperidine rings is 1. The zero-order valence-corrected chi connectivity index (χ0v) is 15.3. The van der Waals surface area contributed by atoms with Crippen LogP contribution in [-0.4, -0.2) is 69.6 Å². The third-order valence-corrected chi connectivity index (χ3v) is 4.56. The van der Waals surface area contributed by atoms with Crippen LogP contribution in [-0.2, 0) is 14.3 Å². The van der Waals surface area contributed by atoms with E-state index >= 15 is 0 Å². The first kappa shape index (κ1) is 21.2. The Morgan fingerprint density at radius 2 is 1.68 bits per heavy atom. The van der Waals surface area contributed by atoms with Crippen molar-refractivity contribution in [2.24, 2.45) is 16.0 Å². The molecule has 0 unspecified atom stereocenters. The number of hydrogen-bond donors (Lipinski definition) is 4. The number of oxime groups is 2. The molecule has 1 aliphatic heterocycles. The van der Waals surface area contributed by atoms with Gasteiger partial charge in [0.05, 0.1) is 11.8 Å². The highest BCUT2D eigenvalue weighted by Gasteiger charge is 2.24. The van der Waals surface area contributed by atoms with Gasteiger partial charge in [-0.1, -0.05) is 34.6 Å². The molecule has 1 heterocycles. The minimum atomic E-state index is -1.01. The molecule has 0 spiro atoms. The number of amidine groups is 1. The standard InChI is InChI=1S/C18H24N4O6/c19-18(21-27)13-3-1-12(2-4-13)15(20-26)5-6-16(23)22-9-7-14(8-10-22)28-11-17(24)25/h1-4,14,26-27H,5-11H2,(H2,19,21)(H,24,25)/b20-15-. The topological polar surface area (TPSA) is 158 Å². The minimum absolute atomic E-state index is 0.0278. The molecule has 2 rings (SSSR count). The van der Waals surface area contributed by atoms with Crippen LogP contribution in [0.5, 0.6) is 0 Å². The first-order valence-corrected chi connectivity index (χ1v) is 8.85. The second-order valence-corrected chi connectivity index (χ2v) is 6.39. The number of carboxylic acid groups (broad SMARTS) is 1. The van der Waals surface area contributed by atoms with Crippen molar-refractivity contribution in [3.05, 3.63) is 35.4 Å². The first-order chi connectivity index (χ1) is 13.4. The quantitative estimate of drug-likeness (QED) is 0.221. The second-order valence-electron chi connectivity index (χ2n) is 6.39. The van der Waals surface area contributed by atoms with Crippen molar-refractivity contribution in [3.63, 3.8) is 0 Å². The van der Waals surface area contributed by atoms with Crippen LogP contribution in [0.3, 0.4) is 0 Å². The van der Waals surface area contributed by atoms with Gasteiger partial charge < -0.3 is 30.9 Å². The highest BCUT2D eigenvalue weighted by atomic mass is 16.5. The number of amides is 1. The van der Waals surface area contributed by atoms with Crippen LogP contribution in [0.2, 0.25) is 0 Å². The van der Waals surface area contributed by atoms with Gasteiger partial charge in [0.2, 0.25) is 5.91 Å². The monoisotopic (exact) mass is 392 g/mol. The van der Waals surface area contributed by atoms with Crippen LogP contribution < -0.4 is 5.73 Å². The number of carbonyl (C=O) groups is 2. The van der Waals surface area contributed by atoms with E-state index in [1.54, 1.807) is 29.2 Å². The normalized spacial score (nSPS) is 16.2. The Morgan fingerprint density at radius 3 is 2.21 bits per heavy atom. The van der Waals surface area contributed by atoms with E-state index in [0.717, 1.165) is 0 Å². The summed E-state index contributed by atoms with van der Waals surface area (Å²) in [7, 11) is 0. The number of hydrogen-bond acceptors (Lipinski definition) is 7. The van der Waals surface area contributed by atoms with Gasteiger partial charge in [-0.25, -0.2) is 4.79 Å². The van der Waals surface area contributed by atoms with E-state index < -0.39 is 5.97 Å². The van der Waals surface area contributed by atoms with E-state index in [0.29, 0.717) is 42.8 Å². The van der Waals surface area contributed by atoms with Gasteiger partial charge in [-0.15, -0.1) is 0 Å². The van der Waals surface area contributed by atoms with E-state index in [2.05, 4.69) is 10.3 Å². The van der Waals surface area contributed by atoms with Crippen LogP contribution in [0.1, 0.15) is 36.8 Å². The number of aliphatic carboxylic acids is 1. The predicted molar refractivity (Wildman–Crippen MR) is 99.7 cm³/mol. The van der Waals surface area contributed by atoms with Crippen LogP contribution >= 0.6 is 0 Å². The van der Waals surface area contributed by atoms with Crippen molar-refractivity contribution in [3.8, 4) is 0 Å². The third-order valence-electron chi connectivity index (χ3n) is 4.56. The summed E-state index contributed by atoms with van der Waals surface area (Å²) in [4.78, 5) is 24.6. The maximum atomic E-state index is 12.4. The van der Waals surface area contributed by atoms with E-state index in [9.17, 15) is 14.8 Å². The first-order valence-electron chi connectivity index (χ1n) is 8.85. The van der Waals surface area contributed by atoms with Gasteiger partial charge >= 0.3 is 5.97 Å². The molecule has 0 aromatic heterocycles. The SMILES string of the molecule is NC(=NO)c1ccc(/C(CCC(=O)N2CCC(OCC(=O)O)CC2)=N\O)cc1. The zero-order valence-electron chi connectivity index (χ0n) is 15.3. The van der Waals surface area contributed by atoms with Crippen LogP contribution in [0.4, 0.5) is 0 Å². The number of carboxylic acids is 1. The molecule has 10 heteroatoms. The fourth-order valence-corrected chi connectivity index (χ4v) is 2.99. The van der Waals surface area contributed by atoms with E-state index in [4.69, 9.17) is 20.8 Å². The number of nitrogens with two attached hydrogens (primary N) is 1. The lowest BCUT2D eigenvalue weighted by atomic mass is 10.0. The highest BCUT2D eigenvalue weighted by molar-refractivity contribution is 6.03. The van der Waals surface area contributed by atoms with Gasteiger partial charge in [0.25, 0.3) is 0 Å². The molecule has 10 nitrogen and oxygen atoms in total. The summed E-state index contributed by atoms with van der Waals surface area (Å²) >= 11 is 0. The van der Waals surface area contributed by atoms with Crippen molar-refractivity contribution in [1.82, 2.24) is 4.90 Å². The summed E-state index contributed by atoms with van der Waals surface area (Å²) < 4.78 is 5.26. The number of likely N-dealkylation sites (tertiary alicyclic amines) is 1. The maximum Gasteiger partial charge on any atom is 0.329 e. The van der Waals surface area contributed by atoms with E-state index in [-0.39, 0.29) is 37.3 Å². The van der Waals surface area contributed by atoms with E-state index in [1.807, 2.05) is 0 Å². The summed E-state index contributed by atoms with van der Waals surface area (Å²) in [5.74, 6) is -1.10. The van der Waals surface area contributed by atoms with Gasteiger partial charge in [-0.05, 0) is 18.4 Å². The van der Waals surface area contributed by atoms with Crippen molar-refractivity contribution >= 4 is 23.4 Å². The van der Waals surface area contributed by atoms with Gasteiger partial charge in [-0.3, -0.25) is 4.79 Å². The Morgan fingerprint density at radius 1 is 1.07 bits per heavy atom. The lowest BCUT2D eigenvalue weighted by Crippen LogP contribution is -2.41. The average molecular weight is 392 g/mol. The largest absolute Gasteiger partial charge is 0.480 e. The van der Waals surface area contributed by atoms with Crippen molar-refractivity contribution in [1.29, 1.82) is 0 Å². The average Bonchev–Trinajstić information content (AvgIpc) is 2.72. The van der Waals surface area contributed by atoms with Crippen molar-refractivity contribution < 1.29 is 29.8 Å². The molecule has 1 saturated heterocycles. The third kappa shape index (κ3) is 5.95. The lowest BCUT2D eigenvalue weighted by Gasteiger charge is -2.31. The number of carbonyl (C=O) groups excluding carboxylic acids is 1. The number of ether oxygens (including phenoxy) is 1. The molecule has 152 valence electrons. The molecule has 0 atom stereocenters. The van der Waals surface area contributed by atoms with E-state index in [1.165, 1.54) is 0 Å². The molecule has 1 aromatic carbocycles. The minimum Gasteiger partial charge on any atom is -0.480 e. The second kappa shape index (κ2) is 10.3. The van der Waals surface area contributed by atoms with Crippen molar-refractivity contribution in [2.75, 3.05) is 19.7 Å². The molecule has 28 heavy (non-hydrogen) atoms. The Hall–Kier alpha value is -3.14. The summed E-state index contributed by atoms with van der Waals surface area (Å²) in [6.07, 6.45) is 1.48. The predicted octanol–water partition coefficient (Wildman–Crippen LogP) is 0.832. The summed E-state index contributed by atoms with van der Waals surface area (Å²) in [6, 6.07) is 6.58. The molecule has 1 amide bonds. The molecule has 1 aromatic rings. The number of benzene rings is 1. The number of nitrogens with zero attached hydrogens (tertiary/aromatic N) is 3. The summed E-state index contributed by atoms with van der Waals surface area (Å²) in [6.45, 7) is 0.677. The Bertz CT molecular complexity index is 739. The Labute approximate surface area is 161 Å². The molecule has 0 aliphatic carbocycles. The molecular formula is C18H24N4O6. The fourth-order valence-electron chi connectivity index (χ4n) is 2.99. The molecular weight excluding hydrogens is 368 g/mol. The molecule has 5 N–H and O–H groups in total. The van der Waals surface area contributed by atoms with Crippen LogP contribution in [0.25, 0.3) is 0 Å². The van der Waals surface area contributed by atoms with Crippen molar-refractivity contribution in [2.45, 2.75) is 31.8 Å². The van der Waals surface area contributed by atoms with Gasteiger partial charge in [0.1, 0.15) is 6.61 Å². The molecule has 1 aliphatic rings. The molecule has 0 radical (unpaired) electrons. The zero-order chi connectivity index (χ0) is 20.5. The summed E-state index contributed by atoms with van der Waals surface area (Å²) in [5.41, 5.74) is 7.02. The Kier molecular flexibility index (Phi) is 7.76. The molecule has 0 bridgehead atoms. The maximum absolute atomic E-state index is 12.4. The fraction of sp³-hybridized carbons (Fsp3) is 0.444. The van der Waals surface area contributed by atoms with Gasteiger partial charge in [0.15, 0.2) is 5.84 Å². The Balaban J connectivity index is 1.83. The summed E-state index contributed by atoms with van der Waals surface area (Å²) in [5, 5.41) is 32.8. The van der Waals surface area contributed by atoms with Gasteiger partial charge in [0, 0.05) is 31.5 Å².